The Bertz CT molecular complexity index is 1060. The Morgan fingerprint density at radius 3 is 2.36 bits per heavy atom. The average Bonchev–Trinajstić information content (AvgIpc) is 2.82. The molecule has 0 saturated heterocycles. The topological polar surface area (TPSA) is 123 Å². The fourth-order valence-corrected chi connectivity index (χ4v) is 3.24. The summed E-state index contributed by atoms with van der Waals surface area (Å²) in [6, 6.07) is 14.5. The van der Waals surface area contributed by atoms with Crippen LogP contribution in [0.25, 0.3) is 0 Å². The minimum atomic E-state index is -0.769. The fourth-order valence-electron chi connectivity index (χ4n) is 3.24. The van der Waals surface area contributed by atoms with Crippen molar-refractivity contribution in [3.8, 4) is 0 Å². The van der Waals surface area contributed by atoms with Gasteiger partial charge in [0.2, 0.25) is 0 Å². The van der Waals surface area contributed by atoms with Crippen LogP contribution in [0.3, 0.4) is 0 Å². The van der Waals surface area contributed by atoms with Gasteiger partial charge in [-0.05, 0) is 31.5 Å². The third kappa shape index (κ3) is 6.19. The molecule has 0 radical (unpaired) electrons. The first-order valence-electron chi connectivity index (χ1n) is 10.4. The van der Waals surface area contributed by atoms with Crippen LogP contribution in [0, 0.1) is 6.92 Å². The van der Waals surface area contributed by atoms with Gasteiger partial charge in [0, 0.05) is 5.56 Å². The number of nitrogens with one attached hydrogen (secondary N) is 3. The van der Waals surface area contributed by atoms with Crippen LogP contribution in [0.4, 0.5) is 4.79 Å². The minimum Gasteiger partial charge on any atom is -0.463 e. The third-order valence-corrected chi connectivity index (χ3v) is 4.87. The first-order chi connectivity index (χ1) is 15.9. The second-order valence-corrected chi connectivity index (χ2v) is 7.26. The molecule has 2 aromatic rings. The quantitative estimate of drug-likeness (QED) is 0.529. The molecule has 2 aromatic carbocycles. The summed E-state index contributed by atoms with van der Waals surface area (Å²) in [6.45, 7) is 2.96. The second-order valence-electron chi connectivity index (χ2n) is 7.26. The normalized spacial score (nSPS) is 15.2. The standard InChI is InChI=1S/C24H25N3O6/c1-3-32-23(30)20-18(26-24(31)27-21(20)16-7-5-4-6-8-16)14-33-19(28)13-25-22(29)17-11-9-15(2)10-12-17/h4-12,21H,3,13-14H2,1-2H3,(H,25,29)(H2,26,27,31). The van der Waals surface area contributed by atoms with E-state index in [0.29, 0.717) is 11.1 Å². The maximum atomic E-state index is 12.7. The molecule has 33 heavy (non-hydrogen) atoms. The summed E-state index contributed by atoms with van der Waals surface area (Å²) in [5.74, 6) is -1.79. The number of carbonyl (C=O) groups excluding carboxylic acids is 4. The molecule has 9 nitrogen and oxygen atoms in total. The van der Waals surface area contributed by atoms with Crippen molar-refractivity contribution in [1.82, 2.24) is 16.0 Å². The Labute approximate surface area is 191 Å². The smallest absolute Gasteiger partial charge is 0.338 e. The number of amides is 3. The number of hydrogen-bond acceptors (Lipinski definition) is 6. The zero-order valence-electron chi connectivity index (χ0n) is 18.3. The van der Waals surface area contributed by atoms with Crippen LogP contribution >= 0.6 is 0 Å². The summed E-state index contributed by atoms with van der Waals surface area (Å²) < 4.78 is 10.4. The predicted octanol–water partition coefficient (Wildman–Crippen LogP) is 2.14. The van der Waals surface area contributed by atoms with Crippen molar-refractivity contribution >= 4 is 23.9 Å². The second kappa shape index (κ2) is 10.9. The summed E-state index contributed by atoms with van der Waals surface area (Å²) in [4.78, 5) is 49.3. The van der Waals surface area contributed by atoms with Crippen molar-refractivity contribution in [3.05, 3.63) is 82.6 Å². The van der Waals surface area contributed by atoms with Crippen LogP contribution in [-0.4, -0.2) is 43.6 Å². The van der Waals surface area contributed by atoms with E-state index in [9.17, 15) is 19.2 Å². The molecule has 1 aliphatic rings. The van der Waals surface area contributed by atoms with E-state index < -0.39 is 29.9 Å². The van der Waals surface area contributed by atoms with Gasteiger partial charge in [-0.1, -0.05) is 48.0 Å². The van der Waals surface area contributed by atoms with Crippen molar-refractivity contribution < 1.29 is 28.7 Å². The largest absolute Gasteiger partial charge is 0.463 e. The molecule has 1 aliphatic heterocycles. The molecule has 3 N–H and O–H groups in total. The van der Waals surface area contributed by atoms with Gasteiger partial charge >= 0.3 is 18.0 Å². The molecule has 0 aliphatic carbocycles. The molecule has 3 amide bonds. The number of benzene rings is 2. The van der Waals surface area contributed by atoms with Crippen molar-refractivity contribution in [2.75, 3.05) is 19.8 Å². The molecule has 3 rings (SSSR count). The molecule has 0 fully saturated rings. The molecule has 1 heterocycles. The van der Waals surface area contributed by atoms with Crippen molar-refractivity contribution in [2.24, 2.45) is 0 Å². The van der Waals surface area contributed by atoms with Gasteiger partial charge < -0.3 is 25.4 Å². The van der Waals surface area contributed by atoms with Crippen molar-refractivity contribution in [1.29, 1.82) is 0 Å². The number of esters is 2. The van der Waals surface area contributed by atoms with Crippen LogP contribution in [0.15, 0.2) is 65.9 Å². The molecule has 0 aromatic heterocycles. The van der Waals surface area contributed by atoms with Crippen LogP contribution in [0.1, 0.15) is 34.5 Å². The Kier molecular flexibility index (Phi) is 7.80. The van der Waals surface area contributed by atoms with E-state index in [1.54, 1.807) is 55.5 Å². The predicted molar refractivity (Wildman–Crippen MR) is 119 cm³/mol. The van der Waals surface area contributed by atoms with E-state index in [0.717, 1.165) is 5.56 Å². The molecule has 9 heteroatoms. The number of carbonyl (C=O) groups is 4. The van der Waals surface area contributed by atoms with E-state index in [4.69, 9.17) is 9.47 Å². The van der Waals surface area contributed by atoms with Crippen LogP contribution < -0.4 is 16.0 Å². The lowest BCUT2D eigenvalue weighted by Gasteiger charge is -2.29. The third-order valence-electron chi connectivity index (χ3n) is 4.87. The number of hydrogen-bond donors (Lipinski definition) is 3. The van der Waals surface area contributed by atoms with Gasteiger partial charge in [0.25, 0.3) is 5.91 Å². The van der Waals surface area contributed by atoms with E-state index in [-0.39, 0.29) is 31.0 Å². The number of urea groups is 1. The lowest BCUT2D eigenvalue weighted by atomic mass is 9.95. The SMILES string of the molecule is CCOC(=O)C1=C(COC(=O)CNC(=O)c2ccc(C)cc2)NC(=O)NC1c1ccccc1. The highest BCUT2D eigenvalue weighted by Gasteiger charge is 2.34. The number of aryl methyl sites for hydroxylation is 1. The highest BCUT2D eigenvalue weighted by atomic mass is 16.5. The number of rotatable bonds is 8. The number of ether oxygens (including phenoxy) is 2. The first-order valence-corrected chi connectivity index (χ1v) is 10.4. The lowest BCUT2D eigenvalue weighted by molar-refractivity contribution is -0.142. The zero-order chi connectivity index (χ0) is 23.8. The molecule has 0 saturated carbocycles. The lowest BCUT2D eigenvalue weighted by Crippen LogP contribution is -2.47. The Morgan fingerprint density at radius 1 is 1.00 bits per heavy atom. The highest BCUT2D eigenvalue weighted by molar-refractivity contribution is 5.96. The summed E-state index contributed by atoms with van der Waals surface area (Å²) in [6.07, 6.45) is 0. The molecule has 172 valence electrons. The molecule has 1 unspecified atom stereocenters. The monoisotopic (exact) mass is 451 g/mol. The van der Waals surface area contributed by atoms with Crippen molar-refractivity contribution in [3.63, 3.8) is 0 Å². The summed E-state index contributed by atoms with van der Waals surface area (Å²) >= 11 is 0. The molecule has 1 atom stereocenters. The Balaban J connectivity index is 1.70. The maximum Gasteiger partial charge on any atom is 0.338 e. The van der Waals surface area contributed by atoms with Gasteiger partial charge in [0.1, 0.15) is 13.2 Å². The van der Waals surface area contributed by atoms with Crippen LogP contribution in [0.5, 0.6) is 0 Å². The summed E-state index contributed by atoms with van der Waals surface area (Å²) in [7, 11) is 0. The summed E-state index contributed by atoms with van der Waals surface area (Å²) in [5.41, 5.74) is 2.35. The first kappa shape index (κ1) is 23.5. The van der Waals surface area contributed by atoms with E-state index >= 15 is 0 Å². The fraction of sp³-hybridized carbons (Fsp3) is 0.250. The van der Waals surface area contributed by atoms with Gasteiger partial charge in [-0.2, -0.15) is 0 Å². The molecule has 0 bridgehead atoms. The van der Waals surface area contributed by atoms with Gasteiger partial charge in [-0.25, -0.2) is 9.59 Å². The van der Waals surface area contributed by atoms with Crippen molar-refractivity contribution in [2.45, 2.75) is 19.9 Å². The average molecular weight is 451 g/mol. The molecular formula is C24H25N3O6. The Morgan fingerprint density at radius 2 is 1.70 bits per heavy atom. The van der Waals surface area contributed by atoms with Crippen LogP contribution in [-0.2, 0) is 19.1 Å². The van der Waals surface area contributed by atoms with Gasteiger partial charge in [-0.3, -0.25) is 9.59 Å². The minimum absolute atomic E-state index is 0.115. The van der Waals surface area contributed by atoms with E-state index in [1.165, 1.54) is 0 Å². The maximum absolute atomic E-state index is 12.7. The highest BCUT2D eigenvalue weighted by Crippen LogP contribution is 2.27. The zero-order valence-corrected chi connectivity index (χ0v) is 18.3. The van der Waals surface area contributed by atoms with E-state index in [2.05, 4.69) is 16.0 Å². The summed E-state index contributed by atoms with van der Waals surface area (Å²) in [5, 5.41) is 7.70. The van der Waals surface area contributed by atoms with Gasteiger partial charge in [0.05, 0.1) is 23.9 Å². The Hall–Kier alpha value is -4.14. The molecule has 0 spiro atoms. The molecular weight excluding hydrogens is 426 g/mol. The van der Waals surface area contributed by atoms with E-state index in [1.807, 2.05) is 13.0 Å². The van der Waals surface area contributed by atoms with Gasteiger partial charge in [0.15, 0.2) is 0 Å². The van der Waals surface area contributed by atoms with Crippen LogP contribution in [0.2, 0.25) is 0 Å². The van der Waals surface area contributed by atoms with Gasteiger partial charge in [-0.15, -0.1) is 0 Å².